The zero-order valence-electron chi connectivity index (χ0n) is 14.5. The van der Waals surface area contributed by atoms with E-state index in [2.05, 4.69) is 20.6 Å². The summed E-state index contributed by atoms with van der Waals surface area (Å²) in [4.78, 5) is 27.7. The zero-order valence-corrected chi connectivity index (χ0v) is 15.3. The van der Waals surface area contributed by atoms with Crippen LogP contribution in [0, 0.1) is 0 Å². The summed E-state index contributed by atoms with van der Waals surface area (Å²) < 4.78 is 26.8. The van der Waals surface area contributed by atoms with Crippen molar-refractivity contribution >= 4 is 21.8 Å². The number of carbonyl (C=O) groups is 2. The molecule has 2 amide bonds. The highest BCUT2D eigenvalue weighted by Gasteiger charge is 2.27. The van der Waals surface area contributed by atoms with Crippen LogP contribution in [0.5, 0.6) is 0 Å². The number of benzene rings is 1. The van der Waals surface area contributed by atoms with E-state index >= 15 is 0 Å². The quantitative estimate of drug-likeness (QED) is 0.610. The largest absolute Gasteiger partial charge is 0.273 e. The summed E-state index contributed by atoms with van der Waals surface area (Å²) in [6, 6.07) is 9.69. The van der Waals surface area contributed by atoms with Crippen LogP contribution >= 0.6 is 0 Å². The van der Waals surface area contributed by atoms with E-state index in [1.807, 2.05) is 0 Å². The highest BCUT2D eigenvalue weighted by Crippen LogP contribution is 2.22. The van der Waals surface area contributed by atoms with Gasteiger partial charge in [-0.15, -0.1) is 0 Å². The molecule has 3 N–H and O–H groups in total. The summed E-state index contributed by atoms with van der Waals surface area (Å²) in [6.07, 6.45) is 5.28. The number of hydrogen-bond acceptors (Lipinski definition) is 5. The molecule has 0 spiro atoms. The van der Waals surface area contributed by atoms with Crippen molar-refractivity contribution in [1.82, 2.24) is 20.6 Å². The van der Waals surface area contributed by atoms with Gasteiger partial charge in [-0.3, -0.25) is 25.4 Å². The van der Waals surface area contributed by atoms with Gasteiger partial charge in [0, 0.05) is 24.9 Å². The lowest BCUT2D eigenvalue weighted by Crippen LogP contribution is -2.41. The van der Waals surface area contributed by atoms with Crippen molar-refractivity contribution in [3.05, 3.63) is 59.9 Å². The summed E-state index contributed by atoms with van der Waals surface area (Å²) in [6.45, 7) is 0. The third-order valence-corrected chi connectivity index (χ3v) is 5.55. The van der Waals surface area contributed by atoms with Crippen molar-refractivity contribution in [3.63, 3.8) is 0 Å². The Morgan fingerprint density at radius 1 is 1.07 bits per heavy atom. The molecule has 1 fully saturated rings. The van der Waals surface area contributed by atoms with Crippen LogP contribution < -0.4 is 15.6 Å². The number of amides is 2. The Balaban J connectivity index is 1.45. The molecule has 1 aliphatic carbocycles. The fraction of sp³-hybridized carbons (Fsp3) is 0.278. The first-order valence-electron chi connectivity index (χ1n) is 8.54. The molecular weight excluding hydrogens is 368 g/mol. The van der Waals surface area contributed by atoms with Crippen molar-refractivity contribution in [2.24, 2.45) is 0 Å². The Labute approximate surface area is 157 Å². The first kappa shape index (κ1) is 19.0. The SMILES string of the molecule is O=C(CCc1ccc(S(=O)(=O)NC2CC2)cc1)NNC(=O)c1cccnc1. The zero-order chi connectivity index (χ0) is 19.3. The van der Waals surface area contributed by atoms with Gasteiger partial charge in [0.15, 0.2) is 0 Å². The molecule has 0 aliphatic heterocycles. The summed E-state index contributed by atoms with van der Waals surface area (Å²) in [5, 5.41) is 0. The molecule has 142 valence electrons. The van der Waals surface area contributed by atoms with Crippen molar-refractivity contribution in [2.75, 3.05) is 0 Å². The second kappa shape index (κ2) is 8.28. The van der Waals surface area contributed by atoms with Gasteiger partial charge in [-0.2, -0.15) is 0 Å². The van der Waals surface area contributed by atoms with Crippen LogP contribution in [0.2, 0.25) is 0 Å². The smallest absolute Gasteiger partial charge is 0.271 e. The standard InChI is InChI=1S/C18H20N4O4S/c23-17(20-21-18(24)14-2-1-11-19-12-14)10-5-13-3-8-16(9-4-13)27(25,26)22-15-6-7-15/h1-4,8-9,11-12,15,22H,5-7,10H2,(H,20,23)(H,21,24). The molecule has 9 heteroatoms. The van der Waals surface area contributed by atoms with Gasteiger partial charge in [0.2, 0.25) is 15.9 Å². The van der Waals surface area contributed by atoms with Gasteiger partial charge in [0.25, 0.3) is 5.91 Å². The minimum absolute atomic E-state index is 0.0558. The van der Waals surface area contributed by atoms with E-state index in [0.29, 0.717) is 12.0 Å². The first-order valence-corrected chi connectivity index (χ1v) is 10.0. The molecule has 27 heavy (non-hydrogen) atoms. The maximum absolute atomic E-state index is 12.1. The second-order valence-corrected chi connectivity index (χ2v) is 8.00. The van der Waals surface area contributed by atoms with E-state index in [9.17, 15) is 18.0 Å². The van der Waals surface area contributed by atoms with Crippen molar-refractivity contribution < 1.29 is 18.0 Å². The molecule has 3 rings (SSSR count). The molecule has 1 aromatic heterocycles. The maximum atomic E-state index is 12.1. The van der Waals surface area contributed by atoms with E-state index < -0.39 is 15.9 Å². The number of pyridine rings is 1. The maximum Gasteiger partial charge on any atom is 0.271 e. The number of carbonyl (C=O) groups excluding carboxylic acids is 2. The molecule has 1 saturated carbocycles. The summed E-state index contributed by atoms with van der Waals surface area (Å²) >= 11 is 0. The Hall–Kier alpha value is -2.78. The minimum Gasteiger partial charge on any atom is -0.273 e. The Morgan fingerprint density at radius 2 is 1.81 bits per heavy atom. The highest BCUT2D eigenvalue weighted by atomic mass is 32.2. The van der Waals surface area contributed by atoms with Crippen LogP contribution in [-0.4, -0.2) is 31.3 Å². The van der Waals surface area contributed by atoms with Gasteiger partial charge in [-0.25, -0.2) is 13.1 Å². The van der Waals surface area contributed by atoms with Crippen LogP contribution in [-0.2, 0) is 21.2 Å². The third kappa shape index (κ3) is 5.60. The van der Waals surface area contributed by atoms with Crippen LogP contribution in [0.15, 0.2) is 53.7 Å². The Kier molecular flexibility index (Phi) is 5.82. The topological polar surface area (TPSA) is 117 Å². The van der Waals surface area contributed by atoms with E-state index in [4.69, 9.17) is 0 Å². The van der Waals surface area contributed by atoms with Gasteiger partial charge in [-0.05, 0) is 49.1 Å². The lowest BCUT2D eigenvalue weighted by Gasteiger charge is -2.08. The van der Waals surface area contributed by atoms with Gasteiger partial charge in [0.05, 0.1) is 10.5 Å². The summed E-state index contributed by atoms with van der Waals surface area (Å²) in [5.41, 5.74) is 5.84. The average Bonchev–Trinajstić information content (AvgIpc) is 3.48. The number of hydrogen-bond donors (Lipinski definition) is 3. The number of rotatable bonds is 7. The van der Waals surface area contributed by atoms with Crippen molar-refractivity contribution in [1.29, 1.82) is 0 Å². The lowest BCUT2D eigenvalue weighted by molar-refractivity contribution is -0.121. The average molecular weight is 388 g/mol. The number of aromatic nitrogens is 1. The molecule has 8 nitrogen and oxygen atoms in total. The van der Waals surface area contributed by atoms with Gasteiger partial charge >= 0.3 is 0 Å². The predicted octanol–water partition coefficient (Wildman–Crippen LogP) is 0.916. The fourth-order valence-corrected chi connectivity index (χ4v) is 3.65. The van der Waals surface area contributed by atoms with Crippen molar-refractivity contribution in [3.8, 4) is 0 Å². The molecule has 0 saturated heterocycles. The van der Waals surface area contributed by atoms with Crippen molar-refractivity contribution in [2.45, 2.75) is 36.6 Å². The molecule has 0 radical (unpaired) electrons. The molecule has 2 aromatic rings. The third-order valence-electron chi connectivity index (χ3n) is 4.01. The van der Waals surface area contributed by atoms with E-state index in [0.717, 1.165) is 18.4 Å². The van der Waals surface area contributed by atoms with Gasteiger partial charge < -0.3 is 0 Å². The number of aryl methyl sites for hydroxylation is 1. The van der Waals surface area contributed by atoms with Crippen LogP contribution in [0.3, 0.4) is 0 Å². The normalized spacial score (nSPS) is 13.8. The molecule has 1 aromatic carbocycles. The first-order chi connectivity index (χ1) is 12.9. The molecule has 1 heterocycles. The number of hydrazine groups is 1. The lowest BCUT2D eigenvalue weighted by atomic mass is 10.1. The van der Waals surface area contributed by atoms with Crippen LogP contribution in [0.1, 0.15) is 35.2 Å². The van der Waals surface area contributed by atoms with E-state index in [1.54, 1.807) is 30.5 Å². The summed E-state index contributed by atoms with van der Waals surface area (Å²) in [5.74, 6) is -0.798. The highest BCUT2D eigenvalue weighted by molar-refractivity contribution is 7.89. The van der Waals surface area contributed by atoms with E-state index in [-0.39, 0.29) is 23.3 Å². The number of nitrogens with one attached hydrogen (secondary N) is 3. The summed E-state index contributed by atoms with van der Waals surface area (Å²) in [7, 11) is -3.47. The Bertz CT molecular complexity index is 910. The number of sulfonamides is 1. The minimum atomic E-state index is -3.47. The molecule has 0 bridgehead atoms. The van der Waals surface area contributed by atoms with Crippen LogP contribution in [0.4, 0.5) is 0 Å². The fourth-order valence-electron chi connectivity index (χ4n) is 2.34. The van der Waals surface area contributed by atoms with E-state index in [1.165, 1.54) is 18.3 Å². The predicted molar refractivity (Wildman–Crippen MR) is 98.0 cm³/mol. The molecular formula is C18H20N4O4S. The molecule has 0 atom stereocenters. The molecule has 1 aliphatic rings. The van der Waals surface area contributed by atoms with Gasteiger partial charge in [-0.1, -0.05) is 12.1 Å². The van der Waals surface area contributed by atoms with Crippen LogP contribution in [0.25, 0.3) is 0 Å². The number of nitrogens with zero attached hydrogens (tertiary/aromatic N) is 1. The second-order valence-electron chi connectivity index (χ2n) is 6.28. The Morgan fingerprint density at radius 3 is 2.44 bits per heavy atom. The molecule has 0 unspecified atom stereocenters. The van der Waals surface area contributed by atoms with Gasteiger partial charge in [0.1, 0.15) is 0 Å². The monoisotopic (exact) mass is 388 g/mol.